The minimum absolute atomic E-state index is 0. The number of nitrogens with one attached hydrogen (secondary N) is 2. The average molecular weight is 432 g/mol. The summed E-state index contributed by atoms with van der Waals surface area (Å²) in [4.78, 5) is 15.7. The Morgan fingerprint density at radius 3 is 1.52 bits per heavy atom. The van der Waals surface area contributed by atoms with Gasteiger partial charge in [-0.15, -0.1) is 12.4 Å². The second-order valence-electron chi connectivity index (χ2n) is 6.71. The fourth-order valence-electron chi connectivity index (χ4n) is 2.93. The molecule has 0 amide bonds. The minimum Gasteiger partial charge on any atom is -0.497 e. The molecule has 156 valence electrons. The summed E-state index contributed by atoms with van der Waals surface area (Å²) in [5.41, 5.74) is 5.56. The summed E-state index contributed by atoms with van der Waals surface area (Å²) >= 11 is 0. The van der Waals surface area contributed by atoms with Crippen molar-refractivity contribution in [2.24, 2.45) is 4.99 Å². The monoisotopic (exact) mass is 431 g/mol. The fourth-order valence-corrected chi connectivity index (χ4v) is 2.93. The number of carbonyl (C=O) groups is 1. The SMILES string of the molecule is COc1ccc(Nc2ccc(Nc3ccc(N=C4C=CC(=O)C=C4)cc3)cc2)cc1.Cl. The summed E-state index contributed by atoms with van der Waals surface area (Å²) in [5.74, 6) is 0.818. The molecule has 3 aromatic carbocycles. The Morgan fingerprint density at radius 1 is 0.645 bits per heavy atom. The molecule has 0 unspecified atom stereocenters. The van der Waals surface area contributed by atoms with Crippen LogP contribution in [-0.4, -0.2) is 18.6 Å². The molecule has 0 saturated carbocycles. The van der Waals surface area contributed by atoms with E-state index in [0.717, 1.165) is 39.9 Å². The molecule has 0 heterocycles. The van der Waals surface area contributed by atoms with Crippen molar-refractivity contribution in [3.63, 3.8) is 0 Å². The lowest BCUT2D eigenvalue weighted by Gasteiger charge is -2.10. The lowest BCUT2D eigenvalue weighted by molar-refractivity contribution is -0.110. The van der Waals surface area contributed by atoms with Crippen molar-refractivity contribution in [3.05, 3.63) is 97.1 Å². The highest BCUT2D eigenvalue weighted by atomic mass is 35.5. The van der Waals surface area contributed by atoms with Crippen molar-refractivity contribution in [1.82, 2.24) is 0 Å². The Kier molecular flexibility index (Phi) is 7.25. The first-order valence-corrected chi connectivity index (χ1v) is 9.55. The van der Waals surface area contributed by atoms with Crippen LogP contribution in [0.5, 0.6) is 5.75 Å². The number of allylic oxidation sites excluding steroid dienone is 4. The summed E-state index contributed by atoms with van der Waals surface area (Å²) in [6.07, 6.45) is 6.47. The predicted molar refractivity (Wildman–Crippen MR) is 130 cm³/mol. The van der Waals surface area contributed by atoms with E-state index < -0.39 is 0 Å². The molecular formula is C25H22ClN3O2. The van der Waals surface area contributed by atoms with Gasteiger partial charge in [-0.2, -0.15) is 0 Å². The number of hydrogen-bond donors (Lipinski definition) is 2. The second kappa shape index (κ2) is 10.3. The highest BCUT2D eigenvalue weighted by Crippen LogP contribution is 2.24. The van der Waals surface area contributed by atoms with E-state index >= 15 is 0 Å². The number of hydrogen-bond acceptors (Lipinski definition) is 5. The molecule has 6 heteroatoms. The van der Waals surface area contributed by atoms with Crippen LogP contribution in [0, 0.1) is 0 Å². The largest absolute Gasteiger partial charge is 0.497 e. The van der Waals surface area contributed by atoms with E-state index in [1.165, 1.54) is 12.2 Å². The van der Waals surface area contributed by atoms with Crippen LogP contribution in [0.1, 0.15) is 0 Å². The van der Waals surface area contributed by atoms with Crippen LogP contribution in [0.15, 0.2) is 102 Å². The molecule has 31 heavy (non-hydrogen) atoms. The van der Waals surface area contributed by atoms with Crippen LogP contribution >= 0.6 is 12.4 Å². The van der Waals surface area contributed by atoms with Gasteiger partial charge in [-0.25, -0.2) is 4.99 Å². The summed E-state index contributed by atoms with van der Waals surface area (Å²) < 4.78 is 5.18. The van der Waals surface area contributed by atoms with Crippen LogP contribution in [0.2, 0.25) is 0 Å². The summed E-state index contributed by atoms with van der Waals surface area (Å²) in [5, 5.41) is 6.75. The third kappa shape index (κ3) is 6.07. The Labute approximate surface area is 187 Å². The van der Waals surface area contributed by atoms with Crippen molar-refractivity contribution in [1.29, 1.82) is 0 Å². The van der Waals surface area contributed by atoms with E-state index in [1.54, 1.807) is 19.3 Å². The van der Waals surface area contributed by atoms with Gasteiger partial charge in [0.05, 0.1) is 18.5 Å². The zero-order chi connectivity index (χ0) is 20.8. The van der Waals surface area contributed by atoms with E-state index in [9.17, 15) is 4.79 Å². The van der Waals surface area contributed by atoms with Crippen LogP contribution < -0.4 is 15.4 Å². The fraction of sp³-hybridized carbons (Fsp3) is 0.0400. The number of halogens is 1. The number of aliphatic imine (C=N–C) groups is 1. The third-order valence-electron chi connectivity index (χ3n) is 4.51. The van der Waals surface area contributed by atoms with E-state index in [2.05, 4.69) is 15.6 Å². The standard InChI is InChI=1S/C25H21N3O2.ClH/c1-30-25-16-12-23(13-17-25)28-21-8-4-19(5-9-21)26-18-2-6-20(7-3-18)27-22-10-14-24(29)15-11-22;/h2-17,26,28H,1H3;1H. The molecule has 3 aromatic rings. The molecule has 0 saturated heterocycles. The lowest BCUT2D eigenvalue weighted by atomic mass is 10.1. The summed E-state index contributed by atoms with van der Waals surface area (Å²) in [6, 6.07) is 23.7. The maximum Gasteiger partial charge on any atom is 0.178 e. The van der Waals surface area contributed by atoms with Gasteiger partial charge in [0.2, 0.25) is 0 Å². The molecule has 4 rings (SSSR count). The van der Waals surface area contributed by atoms with Crippen molar-refractivity contribution in [2.75, 3.05) is 17.7 Å². The first-order chi connectivity index (χ1) is 14.7. The molecule has 5 nitrogen and oxygen atoms in total. The number of ether oxygens (including phenoxy) is 1. The van der Waals surface area contributed by atoms with Crippen molar-refractivity contribution in [2.45, 2.75) is 0 Å². The molecule has 1 aliphatic carbocycles. The molecule has 2 N–H and O–H groups in total. The summed E-state index contributed by atoms with van der Waals surface area (Å²) in [6.45, 7) is 0. The van der Waals surface area contributed by atoms with E-state index in [1.807, 2.05) is 72.8 Å². The van der Waals surface area contributed by atoms with Crippen LogP contribution in [0.25, 0.3) is 0 Å². The Hall–Kier alpha value is -3.83. The van der Waals surface area contributed by atoms with E-state index in [-0.39, 0.29) is 18.2 Å². The van der Waals surface area contributed by atoms with Gasteiger partial charge in [-0.1, -0.05) is 0 Å². The van der Waals surface area contributed by atoms with Crippen molar-refractivity contribution >= 4 is 52.3 Å². The number of carbonyl (C=O) groups excluding carboxylic acids is 1. The molecule has 0 bridgehead atoms. The van der Waals surface area contributed by atoms with Gasteiger partial charge in [0.1, 0.15) is 5.75 Å². The number of methoxy groups -OCH3 is 1. The molecule has 0 aromatic heterocycles. The van der Waals surface area contributed by atoms with Gasteiger partial charge in [-0.3, -0.25) is 4.79 Å². The van der Waals surface area contributed by atoms with E-state index in [0.29, 0.717) is 0 Å². The third-order valence-corrected chi connectivity index (χ3v) is 4.51. The lowest BCUT2D eigenvalue weighted by Crippen LogP contribution is -1.98. The topological polar surface area (TPSA) is 62.7 Å². The molecular weight excluding hydrogens is 410 g/mol. The van der Waals surface area contributed by atoms with E-state index in [4.69, 9.17) is 4.74 Å². The zero-order valence-electron chi connectivity index (χ0n) is 16.9. The predicted octanol–water partition coefficient (Wildman–Crippen LogP) is 6.37. The molecule has 0 radical (unpaired) electrons. The molecule has 0 atom stereocenters. The van der Waals surface area contributed by atoms with Gasteiger partial charge in [0, 0.05) is 22.7 Å². The summed E-state index contributed by atoms with van der Waals surface area (Å²) in [7, 11) is 1.66. The number of benzene rings is 3. The maximum atomic E-state index is 11.2. The molecule has 0 fully saturated rings. The van der Waals surface area contributed by atoms with Gasteiger partial charge < -0.3 is 15.4 Å². The first kappa shape index (κ1) is 21.9. The number of anilines is 4. The van der Waals surface area contributed by atoms with Crippen LogP contribution in [0.4, 0.5) is 28.4 Å². The Bertz CT molecular complexity index is 1100. The van der Waals surface area contributed by atoms with Gasteiger partial charge in [0.15, 0.2) is 5.78 Å². The van der Waals surface area contributed by atoms with Gasteiger partial charge in [0.25, 0.3) is 0 Å². The zero-order valence-corrected chi connectivity index (χ0v) is 17.7. The highest BCUT2D eigenvalue weighted by Gasteiger charge is 2.01. The molecule has 0 aliphatic heterocycles. The van der Waals surface area contributed by atoms with Crippen molar-refractivity contribution in [3.8, 4) is 5.75 Å². The second-order valence-corrected chi connectivity index (χ2v) is 6.71. The number of nitrogens with zero attached hydrogens (tertiary/aromatic N) is 1. The average Bonchev–Trinajstić information content (AvgIpc) is 2.78. The van der Waals surface area contributed by atoms with Crippen molar-refractivity contribution < 1.29 is 9.53 Å². The first-order valence-electron chi connectivity index (χ1n) is 9.55. The quantitative estimate of drug-likeness (QED) is 0.445. The Morgan fingerprint density at radius 2 is 1.06 bits per heavy atom. The van der Waals surface area contributed by atoms with Crippen LogP contribution in [-0.2, 0) is 4.79 Å². The van der Waals surface area contributed by atoms with Gasteiger partial charge >= 0.3 is 0 Å². The minimum atomic E-state index is -0.0151. The molecule has 1 aliphatic rings. The Balaban J connectivity index is 0.00000272. The number of rotatable bonds is 6. The smallest absolute Gasteiger partial charge is 0.178 e. The normalized spacial score (nSPS) is 12.2. The maximum absolute atomic E-state index is 11.2. The highest BCUT2D eigenvalue weighted by molar-refractivity contribution is 6.17. The number of ketones is 1. The van der Waals surface area contributed by atoms with Gasteiger partial charge in [-0.05, 0) is 97.1 Å². The molecule has 0 spiro atoms. The van der Waals surface area contributed by atoms with Crippen LogP contribution in [0.3, 0.4) is 0 Å².